The summed E-state index contributed by atoms with van der Waals surface area (Å²) < 4.78 is 27.8. The lowest BCUT2D eigenvalue weighted by Crippen LogP contribution is -2.61. The van der Waals surface area contributed by atoms with Crippen LogP contribution in [0, 0.1) is 0 Å². The molecule has 10 N–H and O–H groups in total. The van der Waals surface area contributed by atoms with Gasteiger partial charge in [-0.2, -0.15) is 0 Å². The van der Waals surface area contributed by atoms with Gasteiger partial charge in [0.2, 0.25) is 17.5 Å². The second-order valence-electron chi connectivity index (χ2n) is 10.3. The van der Waals surface area contributed by atoms with E-state index in [1.54, 1.807) is 0 Å². The molecular weight excluding hydrogens is 580 g/mol. The van der Waals surface area contributed by atoms with Crippen LogP contribution in [-0.2, 0) is 14.2 Å². The van der Waals surface area contributed by atoms with Gasteiger partial charge in [0.1, 0.15) is 65.2 Å². The molecule has 0 saturated carbocycles. The summed E-state index contributed by atoms with van der Waals surface area (Å²) in [5.41, 5.74) is -1.35. The summed E-state index contributed by atoms with van der Waals surface area (Å²) in [6.45, 7) is 0.818. The Balaban J connectivity index is 1.48. The molecule has 2 aliphatic heterocycles. The Morgan fingerprint density at radius 1 is 0.744 bits per heavy atom. The number of phenolic OH excluding ortho intramolecular Hbond substituents is 4. The lowest BCUT2D eigenvalue weighted by Gasteiger charge is -2.42. The van der Waals surface area contributed by atoms with Crippen molar-refractivity contribution < 1.29 is 74.4 Å². The van der Waals surface area contributed by atoms with Gasteiger partial charge in [0, 0.05) is 17.7 Å². The topological polar surface area (TPSA) is 269 Å². The molecule has 16 heteroatoms. The quantitative estimate of drug-likeness (QED) is 0.140. The van der Waals surface area contributed by atoms with E-state index in [0.29, 0.717) is 0 Å². The number of benzene rings is 2. The average Bonchev–Trinajstić information content (AvgIpc) is 2.96. The van der Waals surface area contributed by atoms with Crippen LogP contribution in [0.4, 0.5) is 0 Å². The number of fused-ring (bicyclic) bond motifs is 1. The summed E-state index contributed by atoms with van der Waals surface area (Å²) in [5.74, 6) is -3.33. The number of phenols is 4. The number of rotatable bonds is 6. The zero-order valence-electron chi connectivity index (χ0n) is 22.3. The van der Waals surface area contributed by atoms with Gasteiger partial charge in [0.15, 0.2) is 23.5 Å². The second-order valence-corrected chi connectivity index (χ2v) is 10.3. The molecule has 0 amide bonds. The fraction of sp³-hybridized carbons (Fsp3) is 0.444. The van der Waals surface area contributed by atoms with E-state index in [1.807, 2.05) is 0 Å². The van der Waals surface area contributed by atoms with Crippen LogP contribution in [0.15, 0.2) is 39.5 Å². The van der Waals surface area contributed by atoms with Crippen LogP contribution in [0.1, 0.15) is 6.92 Å². The van der Waals surface area contributed by atoms with Crippen LogP contribution >= 0.6 is 0 Å². The highest BCUT2D eigenvalue weighted by Gasteiger charge is 2.47. The van der Waals surface area contributed by atoms with Crippen molar-refractivity contribution in [3.8, 4) is 40.1 Å². The number of aliphatic hydroxyl groups excluding tert-OH is 6. The van der Waals surface area contributed by atoms with Gasteiger partial charge in [0.05, 0.1) is 12.7 Å². The molecule has 0 bridgehead atoms. The first-order valence-corrected chi connectivity index (χ1v) is 13.0. The highest BCUT2D eigenvalue weighted by molar-refractivity contribution is 5.88. The molecule has 2 unspecified atom stereocenters. The third-order valence-corrected chi connectivity index (χ3v) is 7.29. The van der Waals surface area contributed by atoms with Crippen molar-refractivity contribution in [2.24, 2.45) is 0 Å². The molecule has 2 fully saturated rings. The predicted octanol–water partition coefficient (Wildman–Crippen LogP) is -1.69. The SMILES string of the molecule is CC1O[C@@H](OCC2O[C@@H](Oc3c(-c4ccc(O)c(O)c4)oc4cc(O)cc(O)c4c3=O)[C@@H](O)[C@@H](O)[C@H]2O)[C@H](O)[C@H](O)[C@H]1O. The first kappa shape index (κ1) is 30.7. The van der Waals surface area contributed by atoms with Crippen molar-refractivity contribution in [2.45, 2.75) is 68.3 Å². The molecule has 0 aliphatic carbocycles. The summed E-state index contributed by atoms with van der Waals surface area (Å²) in [4.78, 5) is 13.6. The molecule has 3 aromatic rings. The highest BCUT2D eigenvalue weighted by atomic mass is 16.7. The molecule has 0 radical (unpaired) electrons. The van der Waals surface area contributed by atoms with Crippen LogP contribution in [0.2, 0.25) is 0 Å². The van der Waals surface area contributed by atoms with Crippen molar-refractivity contribution in [3.05, 3.63) is 40.6 Å². The van der Waals surface area contributed by atoms with Gasteiger partial charge in [-0.3, -0.25) is 4.79 Å². The van der Waals surface area contributed by atoms with Gasteiger partial charge in [-0.15, -0.1) is 0 Å². The van der Waals surface area contributed by atoms with E-state index in [0.717, 1.165) is 24.3 Å². The molecule has 5 rings (SSSR count). The third-order valence-electron chi connectivity index (χ3n) is 7.29. The maximum Gasteiger partial charge on any atom is 0.239 e. The van der Waals surface area contributed by atoms with Crippen molar-refractivity contribution in [1.82, 2.24) is 0 Å². The summed E-state index contributed by atoms with van der Waals surface area (Å²) in [5, 5.41) is 101. The van der Waals surface area contributed by atoms with Gasteiger partial charge in [-0.1, -0.05) is 0 Å². The minimum Gasteiger partial charge on any atom is -0.508 e. The van der Waals surface area contributed by atoms with E-state index in [9.17, 15) is 55.9 Å². The van der Waals surface area contributed by atoms with Crippen LogP contribution in [0.25, 0.3) is 22.3 Å². The van der Waals surface area contributed by atoms with Crippen LogP contribution < -0.4 is 10.2 Å². The molecule has 43 heavy (non-hydrogen) atoms. The molecule has 234 valence electrons. The normalized spacial score (nSPS) is 33.0. The second kappa shape index (κ2) is 11.8. The van der Waals surface area contributed by atoms with E-state index >= 15 is 0 Å². The van der Waals surface area contributed by atoms with Crippen molar-refractivity contribution in [2.75, 3.05) is 6.61 Å². The predicted molar refractivity (Wildman–Crippen MR) is 140 cm³/mol. The molecule has 2 saturated heterocycles. The average molecular weight is 611 g/mol. The van der Waals surface area contributed by atoms with E-state index in [1.165, 1.54) is 13.0 Å². The zero-order chi connectivity index (χ0) is 31.3. The van der Waals surface area contributed by atoms with E-state index < -0.39 is 113 Å². The summed E-state index contributed by atoms with van der Waals surface area (Å²) in [7, 11) is 0. The third kappa shape index (κ3) is 5.67. The highest BCUT2D eigenvalue weighted by Crippen LogP contribution is 2.39. The zero-order valence-corrected chi connectivity index (χ0v) is 22.3. The Morgan fingerprint density at radius 2 is 1.42 bits per heavy atom. The lowest BCUT2D eigenvalue weighted by molar-refractivity contribution is -0.318. The molecule has 1 aromatic heterocycles. The van der Waals surface area contributed by atoms with E-state index in [2.05, 4.69) is 0 Å². The maximum absolute atomic E-state index is 13.6. The summed E-state index contributed by atoms with van der Waals surface area (Å²) in [6.07, 6.45) is -16.2. The monoisotopic (exact) mass is 610 g/mol. The summed E-state index contributed by atoms with van der Waals surface area (Å²) >= 11 is 0. The first-order valence-electron chi connectivity index (χ1n) is 13.0. The van der Waals surface area contributed by atoms with Crippen molar-refractivity contribution in [1.29, 1.82) is 0 Å². The molecule has 16 nitrogen and oxygen atoms in total. The van der Waals surface area contributed by atoms with Gasteiger partial charge < -0.3 is 74.4 Å². The van der Waals surface area contributed by atoms with Gasteiger partial charge in [0.25, 0.3) is 0 Å². The molecule has 3 heterocycles. The molecular formula is C27H30O16. The molecule has 10 atom stereocenters. The minimum absolute atomic E-state index is 0.0313. The molecule has 2 aromatic carbocycles. The lowest BCUT2D eigenvalue weighted by atomic mass is 9.98. The maximum atomic E-state index is 13.6. The van der Waals surface area contributed by atoms with Crippen molar-refractivity contribution >= 4 is 11.0 Å². The van der Waals surface area contributed by atoms with Gasteiger partial charge in [-0.05, 0) is 25.1 Å². The Labute approximate surface area is 241 Å². The van der Waals surface area contributed by atoms with Gasteiger partial charge >= 0.3 is 0 Å². The van der Waals surface area contributed by atoms with E-state index in [-0.39, 0.29) is 11.1 Å². The Morgan fingerprint density at radius 3 is 2.12 bits per heavy atom. The number of aliphatic hydroxyl groups is 6. The first-order chi connectivity index (χ1) is 20.3. The number of hydrogen-bond donors (Lipinski definition) is 10. The fourth-order valence-electron chi connectivity index (χ4n) is 4.84. The van der Waals surface area contributed by atoms with Crippen molar-refractivity contribution in [3.63, 3.8) is 0 Å². The van der Waals surface area contributed by atoms with Crippen LogP contribution in [0.5, 0.6) is 28.7 Å². The van der Waals surface area contributed by atoms with Gasteiger partial charge in [-0.25, -0.2) is 0 Å². The molecule has 2 aliphatic rings. The van der Waals surface area contributed by atoms with E-state index in [4.69, 9.17) is 23.4 Å². The minimum atomic E-state index is -1.97. The number of ether oxygens (including phenoxy) is 4. The van der Waals surface area contributed by atoms with Crippen LogP contribution in [-0.4, -0.2) is 119 Å². The Kier molecular flexibility index (Phi) is 8.41. The number of hydrogen-bond acceptors (Lipinski definition) is 16. The Hall–Kier alpha value is -3.71. The standard InChI is InChI=1S/C27H30O16/c1-8-17(32)20(35)22(37)26(40-8)39-7-15-18(33)21(36)23(38)27(42-15)43-25-19(34)16-13(31)5-10(28)6-14(16)41-24(25)9-2-3-11(29)12(30)4-9/h2-6,8,15,17-18,20-23,26-33,35-38H,7H2,1H3/t8?,15?,17-,18-,20+,21-,22+,23-,26+,27-/m0/s1. The molecule has 0 spiro atoms. The van der Waals surface area contributed by atoms with Crippen LogP contribution in [0.3, 0.4) is 0 Å². The smallest absolute Gasteiger partial charge is 0.239 e. The number of aromatic hydroxyl groups is 4. The Bertz CT molecular complexity index is 1540. The summed E-state index contributed by atoms with van der Waals surface area (Å²) in [6, 6.07) is 5.24. The fourth-order valence-corrected chi connectivity index (χ4v) is 4.84. The largest absolute Gasteiger partial charge is 0.508 e.